The minimum Gasteiger partial charge on any atom is -0.480 e. The number of carbonyl (C=O) groups is 2. The fourth-order valence-electron chi connectivity index (χ4n) is 1.85. The van der Waals surface area contributed by atoms with Gasteiger partial charge in [-0.05, 0) is 12.5 Å². The Labute approximate surface area is 119 Å². The Morgan fingerprint density at radius 3 is 2.40 bits per heavy atom. The van der Waals surface area contributed by atoms with Crippen molar-refractivity contribution in [2.24, 2.45) is 0 Å². The zero-order valence-electron chi connectivity index (χ0n) is 11.7. The molecule has 1 aromatic carbocycles. The van der Waals surface area contributed by atoms with Gasteiger partial charge in [-0.2, -0.15) is 0 Å². The highest BCUT2D eigenvalue weighted by Gasteiger charge is 2.21. The largest absolute Gasteiger partial charge is 0.480 e. The molecule has 0 unspecified atom stereocenters. The van der Waals surface area contributed by atoms with Crippen LogP contribution in [-0.4, -0.2) is 46.5 Å². The highest BCUT2D eigenvalue weighted by Crippen LogP contribution is 2.07. The average Bonchev–Trinajstić information content (AvgIpc) is 2.44. The Bertz CT molecular complexity index is 459. The van der Waals surface area contributed by atoms with Crippen LogP contribution in [0.4, 0.5) is 4.79 Å². The van der Waals surface area contributed by atoms with Crippen molar-refractivity contribution in [2.45, 2.75) is 13.5 Å². The first-order valence-electron chi connectivity index (χ1n) is 6.49. The molecule has 0 saturated heterocycles. The first kappa shape index (κ1) is 15.8. The molecular weight excluding hydrogens is 256 g/mol. The molecule has 0 fully saturated rings. The molecule has 0 aromatic heterocycles. The summed E-state index contributed by atoms with van der Waals surface area (Å²) in [4.78, 5) is 26.0. The van der Waals surface area contributed by atoms with Gasteiger partial charge in [0.2, 0.25) is 0 Å². The van der Waals surface area contributed by atoms with Crippen LogP contribution in [0.2, 0.25) is 0 Å². The number of aliphatic carboxylic acids is 1. The van der Waals surface area contributed by atoms with Crippen molar-refractivity contribution in [3.8, 4) is 0 Å². The van der Waals surface area contributed by atoms with Gasteiger partial charge < -0.3 is 14.9 Å². The molecule has 5 heteroatoms. The number of carboxylic acid groups (broad SMARTS) is 1. The van der Waals surface area contributed by atoms with Crippen LogP contribution in [0.5, 0.6) is 0 Å². The van der Waals surface area contributed by atoms with E-state index in [0.717, 1.165) is 5.56 Å². The molecule has 1 rings (SSSR count). The zero-order valence-corrected chi connectivity index (χ0v) is 11.7. The van der Waals surface area contributed by atoms with E-state index >= 15 is 0 Å². The second-order valence-corrected chi connectivity index (χ2v) is 4.35. The maximum absolute atomic E-state index is 12.3. The van der Waals surface area contributed by atoms with Gasteiger partial charge >= 0.3 is 12.0 Å². The van der Waals surface area contributed by atoms with E-state index in [-0.39, 0.29) is 19.1 Å². The SMILES string of the molecule is C=CCN(CC(=O)O)C(=O)N(CC)Cc1ccccc1. The van der Waals surface area contributed by atoms with E-state index in [0.29, 0.717) is 13.1 Å². The van der Waals surface area contributed by atoms with E-state index in [2.05, 4.69) is 6.58 Å². The number of carbonyl (C=O) groups excluding carboxylic acids is 1. The number of hydrogen-bond acceptors (Lipinski definition) is 2. The molecule has 5 nitrogen and oxygen atoms in total. The van der Waals surface area contributed by atoms with E-state index < -0.39 is 5.97 Å². The number of urea groups is 1. The zero-order chi connectivity index (χ0) is 15.0. The summed E-state index contributed by atoms with van der Waals surface area (Å²) >= 11 is 0. The molecule has 0 aliphatic carbocycles. The van der Waals surface area contributed by atoms with Crippen molar-refractivity contribution >= 4 is 12.0 Å². The Hall–Kier alpha value is -2.30. The third-order valence-corrected chi connectivity index (χ3v) is 2.81. The van der Waals surface area contributed by atoms with Crippen LogP contribution in [0, 0.1) is 0 Å². The third kappa shape index (κ3) is 4.76. The lowest BCUT2D eigenvalue weighted by Crippen LogP contribution is -2.45. The molecule has 0 radical (unpaired) electrons. The highest BCUT2D eigenvalue weighted by atomic mass is 16.4. The van der Waals surface area contributed by atoms with Gasteiger partial charge in [0.05, 0.1) is 0 Å². The Morgan fingerprint density at radius 1 is 1.25 bits per heavy atom. The molecule has 2 amide bonds. The number of hydrogen-bond donors (Lipinski definition) is 1. The molecule has 108 valence electrons. The quantitative estimate of drug-likeness (QED) is 0.777. The van der Waals surface area contributed by atoms with E-state index in [4.69, 9.17) is 5.11 Å². The van der Waals surface area contributed by atoms with Crippen LogP contribution in [-0.2, 0) is 11.3 Å². The smallest absolute Gasteiger partial charge is 0.323 e. The van der Waals surface area contributed by atoms with Gasteiger partial charge in [-0.3, -0.25) is 4.79 Å². The monoisotopic (exact) mass is 276 g/mol. The van der Waals surface area contributed by atoms with Crippen molar-refractivity contribution in [2.75, 3.05) is 19.6 Å². The van der Waals surface area contributed by atoms with Gasteiger partial charge in [0.15, 0.2) is 0 Å². The van der Waals surface area contributed by atoms with E-state index in [1.54, 1.807) is 4.90 Å². The summed E-state index contributed by atoms with van der Waals surface area (Å²) < 4.78 is 0. The second kappa shape index (κ2) is 7.99. The Morgan fingerprint density at radius 2 is 1.90 bits per heavy atom. The molecule has 0 aliphatic rings. The molecule has 20 heavy (non-hydrogen) atoms. The first-order valence-corrected chi connectivity index (χ1v) is 6.49. The van der Waals surface area contributed by atoms with Gasteiger partial charge in [-0.25, -0.2) is 4.79 Å². The molecule has 0 heterocycles. The molecule has 1 aromatic rings. The molecule has 0 spiro atoms. The van der Waals surface area contributed by atoms with E-state index in [1.807, 2.05) is 37.3 Å². The van der Waals surface area contributed by atoms with Crippen LogP contribution in [0.3, 0.4) is 0 Å². The van der Waals surface area contributed by atoms with Crippen molar-refractivity contribution in [1.82, 2.24) is 9.80 Å². The Kier molecular flexibility index (Phi) is 6.29. The van der Waals surface area contributed by atoms with Crippen molar-refractivity contribution in [3.63, 3.8) is 0 Å². The number of carboxylic acids is 1. The van der Waals surface area contributed by atoms with Crippen LogP contribution in [0.1, 0.15) is 12.5 Å². The topological polar surface area (TPSA) is 60.9 Å². The lowest BCUT2D eigenvalue weighted by Gasteiger charge is -2.28. The van der Waals surface area contributed by atoms with Gasteiger partial charge in [0.1, 0.15) is 6.54 Å². The fourth-order valence-corrected chi connectivity index (χ4v) is 1.85. The Balaban J connectivity index is 2.77. The number of benzene rings is 1. The van der Waals surface area contributed by atoms with Gasteiger partial charge in [0, 0.05) is 19.6 Å². The minimum absolute atomic E-state index is 0.219. The molecular formula is C15H20N2O3. The lowest BCUT2D eigenvalue weighted by atomic mass is 10.2. The summed E-state index contributed by atoms with van der Waals surface area (Å²) in [6, 6.07) is 9.31. The predicted octanol–water partition coefficient (Wildman–Crippen LogP) is 2.20. The highest BCUT2D eigenvalue weighted by molar-refractivity contribution is 5.80. The molecule has 1 N–H and O–H groups in total. The summed E-state index contributed by atoms with van der Waals surface area (Å²) in [6.07, 6.45) is 1.52. The summed E-state index contributed by atoms with van der Waals surface area (Å²) in [5.74, 6) is -1.03. The van der Waals surface area contributed by atoms with Crippen LogP contribution in [0.15, 0.2) is 43.0 Å². The lowest BCUT2D eigenvalue weighted by molar-refractivity contribution is -0.137. The van der Waals surface area contributed by atoms with Crippen LogP contribution >= 0.6 is 0 Å². The van der Waals surface area contributed by atoms with Crippen molar-refractivity contribution in [1.29, 1.82) is 0 Å². The standard InChI is InChI=1S/C15H20N2O3/c1-3-10-17(12-14(18)19)15(20)16(4-2)11-13-8-6-5-7-9-13/h3,5-9H,1,4,10-12H2,2H3,(H,18,19). The maximum Gasteiger partial charge on any atom is 0.323 e. The summed E-state index contributed by atoms with van der Waals surface area (Å²) in [6.45, 7) is 6.29. The molecule has 0 atom stereocenters. The normalized spacial score (nSPS) is 9.85. The van der Waals surface area contributed by atoms with Crippen molar-refractivity contribution in [3.05, 3.63) is 48.6 Å². The van der Waals surface area contributed by atoms with Gasteiger partial charge in [-0.1, -0.05) is 36.4 Å². The predicted molar refractivity (Wildman–Crippen MR) is 77.3 cm³/mol. The third-order valence-electron chi connectivity index (χ3n) is 2.81. The fraction of sp³-hybridized carbons (Fsp3) is 0.333. The van der Waals surface area contributed by atoms with Gasteiger partial charge in [0.25, 0.3) is 0 Å². The van der Waals surface area contributed by atoms with E-state index in [9.17, 15) is 9.59 Å². The second-order valence-electron chi connectivity index (χ2n) is 4.35. The summed E-state index contributed by atoms with van der Waals surface area (Å²) in [5, 5.41) is 8.86. The maximum atomic E-state index is 12.3. The number of nitrogens with zero attached hydrogens (tertiary/aromatic N) is 2. The summed E-state index contributed by atoms with van der Waals surface area (Å²) in [7, 11) is 0. The molecule has 0 saturated carbocycles. The van der Waals surface area contributed by atoms with Crippen LogP contribution in [0.25, 0.3) is 0 Å². The molecule has 0 bridgehead atoms. The molecule has 0 aliphatic heterocycles. The van der Waals surface area contributed by atoms with Crippen molar-refractivity contribution < 1.29 is 14.7 Å². The average molecular weight is 276 g/mol. The minimum atomic E-state index is -1.03. The number of rotatable bonds is 7. The van der Waals surface area contributed by atoms with Gasteiger partial charge in [-0.15, -0.1) is 6.58 Å². The van der Waals surface area contributed by atoms with E-state index in [1.165, 1.54) is 11.0 Å². The van der Waals surface area contributed by atoms with Crippen LogP contribution < -0.4 is 0 Å². The number of amides is 2. The first-order chi connectivity index (χ1) is 9.58. The summed E-state index contributed by atoms with van der Waals surface area (Å²) in [5.41, 5.74) is 1.01.